The molecule has 0 unspecified atom stereocenters. The van der Waals surface area contributed by atoms with E-state index in [2.05, 4.69) is 4.90 Å². The maximum absolute atomic E-state index is 12.3. The van der Waals surface area contributed by atoms with Gasteiger partial charge >= 0.3 is 6.09 Å². The van der Waals surface area contributed by atoms with E-state index in [1.165, 1.54) is 0 Å². The smallest absolute Gasteiger partial charge is 0.410 e. The van der Waals surface area contributed by atoms with E-state index < -0.39 is 0 Å². The zero-order valence-electron chi connectivity index (χ0n) is 16.3. The second kappa shape index (κ2) is 11.5. The van der Waals surface area contributed by atoms with Gasteiger partial charge < -0.3 is 24.4 Å². The van der Waals surface area contributed by atoms with Crippen molar-refractivity contribution in [2.75, 3.05) is 40.4 Å². The third-order valence-corrected chi connectivity index (χ3v) is 5.27. The van der Waals surface area contributed by atoms with Crippen LogP contribution in [0.4, 0.5) is 4.79 Å². The van der Waals surface area contributed by atoms with Gasteiger partial charge in [0.05, 0.1) is 12.7 Å². The predicted molar refractivity (Wildman–Crippen MR) is 106 cm³/mol. The van der Waals surface area contributed by atoms with E-state index in [0.717, 1.165) is 45.3 Å². The molecule has 0 spiro atoms. The fourth-order valence-electron chi connectivity index (χ4n) is 3.29. The van der Waals surface area contributed by atoms with Crippen molar-refractivity contribution in [2.24, 2.45) is 0 Å². The summed E-state index contributed by atoms with van der Waals surface area (Å²) in [7, 11) is 3.79. The Hall–Kier alpha value is -1.34. The highest BCUT2D eigenvalue weighted by molar-refractivity contribution is 6.30. The van der Waals surface area contributed by atoms with Crippen LogP contribution in [0.2, 0.25) is 5.02 Å². The van der Waals surface area contributed by atoms with E-state index in [9.17, 15) is 4.79 Å². The zero-order chi connectivity index (χ0) is 19.6. The molecule has 0 aromatic heterocycles. The lowest BCUT2D eigenvalue weighted by molar-refractivity contribution is 0.00872. The summed E-state index contributed by atoms with van der Waals surface area (Å²) < 4.78 is 11.4. The molecule has 1 aliphatic rings. The number of aliphatic hydroxyl groups is 1. The molecule has 1 N–H and O–H groups in total. The number of hydrogen-bond acceptors (Lipinski definition) is 5. The summed E-state index contributed by atoms with van der Waals surface area (Å²) >= 11 is 5.85. The Bertz CT molecular complexity index is 562. The number of hydrogen-bond donors (Lipinski definition) is 1. The summed E-state index contributed by atoms with van der Waals surface area (Å²) in [4.78, 5) is 16.1. The molecule has 0 atom stereocenters. The second-order valence-corrected chi connectivity index (χ2v) is 7.55. The minimum atomic E-state index is -0.339. The number of aliphatic hydroxyl groups excluding tert-OH is 1. The van der Waals surface area contributed by atoms with Gasteiger partial charge in [0, 0.05) is 37.8 Å². The van der Waals surface area contributed by atoms with Crippen molar-refractivity contribution < 1.29 is 19.4 Å². The van der Waals surface area contributed by atoms with E-state index in [1.807, 2.05) is 7.05 Å². The first-order valence-corrected chi connectivity index (χ1v) is 9.98. The Morgan fingerprint density at radius 2 is 1.81 bits per heavy atom. The van der Waals surface area contributed by atoms with Crippen molar-refractivity contribution in [3.63, 3.8) is 0 Å². The number of amides is 1. The van der Waals surface area contributed by atoms with Crippen molar-refractivity contribution in [2.45, 2.75) is 44.2 Å². The Labute approximate surface area is 167 Å². The van der Waals surface area contributed by atoms with Crippen molar-refractivity contribution >= 4 is 17.7 Å². The molecular formula is C20H31ClN2O4. The van der Waals surface area contributed by atoms with Gasteiger partial charge in [-0.2, -0.15) is 0 Å². The Morgan fingerprint density at radius 1 is 1.15 bits per heavy atom. The fourth-order valence-corrected chi connectivity index (χ4v) is 3.42. The quantitative estimate of drug-likeness (QED) is 0.646. The lowest BCUT2D eigenvalue weighted by Crippen LogP contribution is -2.42. The Balaban J connectivity index is 1.65. The third-order valence-electron chi connectivity index (χ3n) is 5.02. The van der Waals surface area contributed by atoms with E-state index in [1.54, 1.807) is 36.2 Å². The summed E-state index contributed by atoms with van der Waals surface area (Å²) in [5.41, 5.74) is 0. The van der Waals surface area contributed by atoms with Crippen LogP contribution in [0.3, 0.4) is 0 Å². The first-order chi connectivity index (χ1) is 13.0. The van der Waals surface area contributed by atoms with Crippen molar-refractivity contribution in [3.8, 4) is 5.75 Å². The SMILES string of the molecule is CN(CCO)CCCO[C@H]1CC[C@H](N(C)C(=O)Oc2ccc(Cl)cc2)CC1. The molecule has 0 bridgehead atoms. The summed E-state index contributed by atoms with van der Waals surface area (Å²) in [6, 6.07) is 6.97. The maximum Gasteiger partial charge on any atom is 0.415 e. The molecular weight excluding hydrogens is 368 g/mol. The topological polar surface area (TPSA) is 62.2 Å². The van der Waals surface area contributed by atoms with Crippen LogP contribution in [-0.4, -0.2) is 73.5 Å². The van der Waals surface area contributed by atoms with Crippen LogP contribution >= 0.6 is 11.6 Å². The molecule has 1 saturated carbocycles. The van der Waals surface area contributed by atoms with Crippen LogP contribution in [0.1, 0.15) is 32.1 Å². The number of nitrogens with zero attached hydrogens (tertiary/aromatic N) is 2. The molecule has 0 aliphatic heterocycles. The number of carbonyl (C=O) groups excluding carboxylic acids is 1. The molecule has 0 saturated heterocycles. The molecule has 27 heavy (non-hydrogen) atoms. The molecule has 2 rings (SSSR count). The highest BCUT2D eigenvalue weighted by Crippen LogP contribution is 2.25. The number of carbonyl (C=O) groups is 1. The van der Waals surface area contributed by atoms with Gasteiger partial charge in [0.15, 0.2) is 0 Å². The standard InChI is InChI=1S/C20H31ClN2O4/c1-22(13-14-24)12-3-15-26-18-10-6-17(7-11-18)23(2)20(25)27-19-8-4-16(21)5-9-19/h4-5,8-9,17-18,24H,3,6-7,10-15H2,1-2H3/t17-,18-. The molecule has 1 aromatic rings. The molecule has 1 fully saturated rings. The van der Waals surface area contributed by atoms with Crippen LogP contribution in [0, 0.1) is 0 Å². The highest BCUT2D eigenvalue weighted by atomic mass is 35.5. The molecule has 0 radical (unpaired) electrons. The van der Waals surface area contributed by atoms with Gasteiger partial charge in [-0.15, -0.1) is 0 Å². The summed E-state index contributed by atoms with van der Waals surface area (Å²) in [6.07, 6.45) is 4.64. The van der Waals surface area contributed by atoms with Crippen LogP contribution in [0.25, 0.3) is 0 Å². The second-order valence-electron chi connectivity index (χ2n) is 7.11. The lowest BCUT2D eigenvalue weighted by Gasteiger charge is -2.34. The number of ether oxygens (including phenoxy) is 2. The molecule has 1 amide bonds. The van der Waals surface area contributed by atoms with Crippen molar-refractivity contribution in [1.82, 2.24) is 9.80 Å². The van der Waals surface area contributed by atoms with E-state index in [-0.39, 0.29) is 24.8 Å². The van der Waals surface area contributed by atoms with E-state index in [4.69, 9.17) is 26.2 Å². The lowest BCUT2D eigenvalue weighted by atomic mass is 9.92. The number of benzene rings is 1. The van der Waals surface area contributed by atoms with Crippen LogP contribution in [-0.2, 0) is 4.74 Å². The van der Waals surface area contributed by atoms with Gasteiger partial charge in [-0.25, -0.2) is 4.79 Å². The van der Waals surface area contributed by atoms with Gasteiger partial charge in [0.2, 0.25) is 0 Å². The van der Waals surface area contributed by atoms with Crippen LogP contribution in [0.15, 0.2) is 24.3 Å². The maximum atomic E-state index is 12.3. The number of rotatable bonds is 9. The van der Waals surface area contributed by atoms with Crippen molar-refractivity contribution in [1.29, 1.82) is 0 Å². The average molecular weight is 399 g/mol. The van der Waals surface area contributed by atoms with Crippen molar-refractivity contribution in [3.05, 3.63) is 29.3 Å². The van der Waals surface area contributed by atoms with E-state index >= 15 is 0 Å². The minimum absolute atomic E-state index is 0.181. The minimum Gasteiger partial charge on any atom is -0.410 e. The first kappa shape index (κ1) is 22.0. The van der Waals surface area contributed by atoms with E-state index in [0.29, 0.717) is 17.3 Å². The number of likely N-dealkylation sites (N-methyl/N-ethyl adjacent to an activating group) is 1. The summed E-state index contributed by atoms with van der Waals surface area (Å²) in [5, 5.41) is 9.50. The monoisotopic (exact) mass is 398 g/mol. The molecule has 152 valence electrons. The van der Waals surface area contributed by atoms with Gasteiger partial charge in [0.25, 0.3) is 0 Å². The molecule has 1 aliphatic carbocycles. The van der Waals surface area contributed by atoms with Crippen LogP contribution in [0.5, 0.6) is 5.75 Å². The van der Waals surface area contributed by atoms with Crippen LogP contribution < -0.4 is 4.74 Å². The molecule has 0 heterocycles. The Kier molecular flexibility index (Phi) is 9.34. The zero-order valence-corrected chi connectivity index (χ0v) is 17.0. The molecule has 1 aromatic carbocycles. The average Bonchev–Trinajstić information content (AvgIpc) is 2.67. The largest absolute Gasteiger partial charge is 0.415 e. The van der Waals surface area contributed by atoms with Gasteiger partial charge in [0.1, 0.15) is 5.75 Å². The molecule has 6 nitrogen and oxygen atoms in total. The number of halogens is 1. The third kappa shape index (κ3) is 7.66. The predicted octanol–water partition coefficient (Wildman–Crippen LogP) is 3.41. The summed E-state index contributed by atoms with van der Waals surface area (Å²) in [5.74, 6) is 0.499. The van der Waals surface area contributed by atoms with Gasteiger partial charge in [-0.05, 0) is 63.4 Å². The first-order valence-electron chi connectivity index (χ1n) is 9.61. The molecule has 7 heteroatoms. The Morgan fingerprint density at radius 3 is 2.44 bits per heavy atom. The summed E-state index contributed by atoms with van der Waals surface area (Å²) in [6.45, 7) is 2.55. The van der Waals surface area contributed by atoms with Gasteiger partial charge in [-0.1, -0.05) is 11.6 Å². The highest BCUT2D eigenvalue weighted by Gasteiger charge is 2.27. The normalized spacial score (nSPS) is 19.9. The van der Waals surface area contributed by atoms with Gasteiger partial charge in [-0.3, -0.25) is 0 Å². The fraction of sp³-hybridized carbons (Fsp3) is 0.650.